The van der Waals surface area contributed by atoms with Gasteiger partial charge in [0, 0.05) is 23.8 Å². The summed E-state index contributed by atoms with van der Waals surface area (Å²) in [7, 11) is 0. The first kappa shape index (κ1) is 24.6. The minimum Gasteiger partial charge on any atom is -0.494 e. The number of nitrogens with two attached hydrogens (primary N) is 1. The Hall–Kier alpha value is -4.55. The smallest absolute Gasteiger partial charge is 0.345 e. The summed E-state index contributed by atoms with van der Waals surface area (Å²) in [6, 6.07) is 17.6. The monoisotopic (exact) mass is 505 g/mol. The van der Waals surface area contributed by atoms with Gasteiger partial charge in [0.2, 0.25) is 5.88 Å². The summed E-state index contributed by atoms with van der Waals surface area (Å²) in [5.74, 6) is -0.318. The highest BCUT2D eigenvalue weighted by atomic mass is 35.5. The Bertz CT molecular complexity index is 1410. The molecule has 36 heavy (non-hydrogen) atoms. The van der Waals surface area contributed by atoms with Crippen LogP contribution >= 0.6 is 11.6 Å². The number of halogens is 1. The largest absolute Gasteiger partial charge is 0.494 e. The summed E-state index contributed by atoms with van der Waals surface area (Å²) >= 11 is 6.04. The highest BCUT2D eigenvalue weighted by Gasteiger charge is 2.31. The summed E-state index contributed by atoms with van der Waals surface area (Å²) in [5.41, 5.74) is 7.31. The van der Waals surface area contributed by atoms with Gasteiger partial charge in [-0.3, -0.25) is 10.1 Å². The minimum absolute atomic E-state index is 0.0112. The highest BCUT2D eigenvalue weighted by molar-refractivity contribution is 6.33. The second kappa shape index (κ2) is 10.4. The van der Waals surface area contributed by atoms with Gasteiger partial charge >= 0.3 is 5.97 Å². The SMILES string of the molecule is CCCOc1ccc(C2C(C#N)=C(N)Oc3cc(OC(=O)c4cc([N+](=O)[O-])ccc4Cl)ccc32)cc1. The molecule has 0 aliphatic carbocycles. The number of rotatable bonds is 7. The van der Waals surface area contributed by atoms with Gasteiger partial charge in [0.05, 0.1) is 28.0 Å². The van der Waals surface area contributed by atoms with E-state index in [2.05, 4.69) is 6.07 Å². The summed E-state index contributed by atoms with van der Waals surface area (Å²) < 4.78 is 16.7. The summed E-state index contributed by atoms with van der Waals surface area (Å²) in [6.45, 7) is 2.61. The Balaban J connectivity index is 1.64. The van der Waals surface area contributed by atoms with Crippen LogP contribution in [0.3, 0.4) is 0 Å². The molecular weight excluding hydrogens is 486 g/mol. The third-order valence-corrected chi connectivity index (χ3v) is 5.80. The van der Waals surface area contributed by atoms with Crippen LogP contribution in [0.4, 0.5) is 5.69 Å². The maximum atomic E-state index is 12.7. The van der Waals surface area contributed by atoms with E-state index in [4.69, 9.17) is 31.5 Å². The number of nitro benzene ring substituents is 1. The fraction of sp³-hybridized carbons (Fsp3) is 0.154. The molecule has 2 N–H and O–H groups in total. The highest BCUT2D eigenvalue weighted by Crippen LogP contribution is 2.43. The van der Waals surface area contributed by atoms with Crippen LogP contribution < -0.4 is 19.9 Å². The zero-order chi connectivity index (χ0) is 25.8. The summed E-state index contributed by atoms with van der Waals surface area (Å²) in [4.78, 5) is 23.1. The number of nitro groups is 1. The van der Waals surface area contributed by atoms with Gasteiger partial charge in [-0.2, -0.15) is 5.26 Å². The molecule has 1 unspecified atom stereocenters. The molecule has 1 atom stereocenters. The molecule has 0 spiro atoms. The Morgan fingerprint density at radius 3 is 2.56 bits per heavy atom. The Kier molecular flexibility index (Phi) is 7.08. The van der Waals surface area contributed by atoms with E-state index < -0.39 is 16.8 Å². The molecule has 10 heteroatoms. The maximum absolute atomic E-state index is 12.7. The van der Waals surface area contributed by atoms with E-state index in [-0.39, 0.29) is 33.5 Å². The number of fused-ring (bicyclic) bond motifs is 1. The van der Waals surface area contributed by atoms with E-state index in [1.165, 1.54) is 24.3 Å². The van der Waals surface area contributed by atoms with Crippen LogP contribution in [0.15, 0.2) is 72.1 Å². The van der Waals surface area contributed by atoms with Gasteiger partial charge in [-0.1, -0.05) is 36.7 Å². The predicted molar refractivity (Wildman–Crippen MR) is 131 cm³/mol. The van der Waals surface area contributed by atoms with Crippen LogP contribution in [0.2, 0.25) is 5.02 Å². The molecule has 0 saturated carbocycles. The van der Waals surface area contributed by atoms with Crippen molar-refractivity contribution in [1.82, 2.24) is 0 Å². The second-order valence-electron chi connectivity index (χ2n) is 7.85. The standard InChI is InChI=1S/C26H20ClN3O6/c1-2-11-34-17-6-3-15(4-7-17)24-19-9-8-18(13-23(19)36-25(29)21(24)14-28)35-26(31)20-12-16(30(32)33)5-10-22(20)27/h3-10,12-13,24H,2,11,29H2,1H3. The van der Waals surface area contributed by atoms with Gasteiger partial charge in [-0.05, 0) is 36.2 Å². The van der Waals surface area contributed by atoms with E-state index in [0.717, 1.165) is 18.1 Å². The van der Waals surface area contributed by atoms with Gasteiger partial charge in [-0.25, -0.2) is 4.79 Å². The van der Waals surface area contributed by atoms with Crippen molar-refractivity contribution in [1.29, 1.82) is 5.26 Å². The van der Waals surface area contributed by atoms with Crippen molar-refractivity contribution in [3.8, 4) is 23.3 Å². The van der Waals surface area contributed by atoms with Crippen LogP contribution in [0.25, 0.3) is 0 Å². The number of benzene rings is 3. The first-order chi connectivity index (χ1) is 17.3. The van der Waals surface area contributed by atoms with Gasteiger partial charge < -0.3 is 19.9 Å². The molecular formula is C26H20ClN3O6. The number of allylic oxidation sites excluding steroid dienone is 1. The Labute approximate surface area is 211 Å². The molecule has 4 rings (SSSR count). The number of esters is 1. The molecule has 3 aromatic rings. The number of nitriles is 1. The molecule has 0 bridgehead atoms. The zero-order valence-corrected chi connectivity index (χ0v) is 19.8. The average molecular weight is 506 g/mol. The molecule has 3 aromatic carbocycles. The van der Waals surface area contributed by atoms with Crippen molar-refractivity contribution in [2.75, 3.05) is 6.61 Å². The molecule has 1 heterocycles. The van der Waals surface area contributed by atoms with Crippen LogP contribution in [0.5, 0.6) is 17.2 Å². The van der Waals surface area contributed by atoms with Gasteiger partial charge in [0.1, 0.15) is 28.9 Å². The second-order valence-corrected chi connectivity index (χ2v) is 8.26. The molecule has 0 radical (unpaired) electrons. The lowest BCUT2D eigenvalue weighted by Crippen LogP contribution is -2.21. The van der Waals surface area contributed by atoms with Crippen LogP contribution in [-0.2, 0) is 0 Å². The Morgan fingerprint density at radius 2 is 1.89 bits per heavy atom. The molecule has 0 fully saturated rings. The average Bonchev–Trinajstić information content (AvgIpc) is 2.87. The molecule has 9 nitrogen and oxygen atoms in total. The van der Waals surface area contributed by atoms with Crippen LogP contribution in [0.1, 0.15) is 40.7 Å². The number of hydrogen-bond acceptors (Lipinski definition) is 8. The van der Waals surface area contributed by atoms with Crippen LogP contribution in [0, 0.1) is 21.4 Å². The fourth-order valence-corrected chi connectivity index (χ4v) is 3.96. The molecule has 0 amide bonds. The number of non-ortho nitro benzene ring substituents is 1. The fourth-order valence-electron chi connectivity index (χ4n) is 3.76. The van der Waals surface area contributed by atoms with E-state index in [1.54, 1.807) is 6.07 Å². The molecule has 1 aliphatic heterocycles. The van der Waals surface area contributed by atoms with Crippen molar-refractivity contribution in [3.63, 3.8) is 0 Å². The molecule has 0 saturated heterocycles. The minimum atomic E-state index is -0.875. The number of carbonyl (C=O) groups excluding carboxylic acids is 1. The topological polar surface area (TPSA) is 138 Å². The number of hydrogen-bond donors (Lipinski definition) is 1. The lowest BCUT2D eigenvalue weighted by Gasteiger charge is -2.26. The normalized spacial score (nSPS) is 14.3. The van der Waals surface area contributed by atoms with Crippen molar-refractivity contribution >= 4 is 23.3 Å². The lowest BCUT2D eigenvalue weighted by molar-refractivity contribution is -0.384. The van der Waals surface area contributed by atoms with Gasteiger partial charge in [0.25, 0.3) is 5.69 Å². The Morgan fingerprint density at radius 1 is 1.17 bits per heavy atom. The lowest BCUT2D eigenvalue weighted by atomic mass is 9.83. The van der Waals surface area contributed by atoms with Crippen LogP contribution in [-0.4, -0.2) is 17.5 Å². The number of nitrogens with zero attached hydrogens (tertiary/aromatic N) is 2. The van der Waals surface area contributed by atoms with Crippen molar-refractivity contribution < 1.29 is 23.9 Å². The van der Waals surface area contributed by atoms with Gasteiger partial charge in [0.15, 0.2) is 0 Å². The van der Waals surface area contributed by atoms with Gasteiger partial charge in [-0.15, -0.1) is 0 Å². The van der Waals surface area contributed by atoms with Crippen molar-refractivity contribution in [2.45, 2.75) is 19.3 Å². The van der Waals surface area contributed by atoms with E-state index >= 15 is 0 Å². The van der Waals surface area contributed by atoms with Crippen molar-refractivity contribution in [2.24, 2.45) is 5.73 Å². The van der Waals surface area contributed by atoms with E-state index in [1.807, 2.05) is 31.2 Å². The first-order valence-electron chi connectivity index (χ1n) is 10.9. The molecule has 0 aromatic heterocycles. The number of carbonyl (C=O) groups is 1. The third-order valence-electron chi connectivity index (χ3n) is 5.47. The first-order valence-corrected chi connectivity index (χ1v) is 11.3. The third kappa shape index (κ3) is 4.94. The maximum Gasteiger partial charge on any atom is 0.345 e. The van der Waals surface area contributed by atoms with E-state index in [0.29, 0.717) is 23.7 Å². The summed E-state index contributed by atoms with van der Waals surface area (Å²) in [6.07, 6.45) is 0.882. The number of ether oxygens (including phenoxy) is 3. The predicted octanol–water partition coefficient (Wildman–Crippen LogP) is 5.47. The van der Waals surface area contributed by atoms with Crippen molar-refractivity contribution in [3.05, 3.63) is 104 Å². The zero-order valence-electron chi connectivity index (χ0n) is 19.1. The summed E-state index contributed by atoms with van der Waals surface area (Å²) in [5, 5.41) is 20.8. The van der Waals surface area contributed by atoms with E-state index in [9.17, 15) is 20.2 Å². The molecule has 182 valence electrons. The molecule has 1 aliphatic rings. The quantitative estimate of drug-likeness (QED) is 0.193.